The van der Waals surface area contributed by atoms with Gasteiger partial charge in [-0.3, -0.25) is 20.4 Å². The summed E-state index contributed by atoms with van der Waals surface area (Å²) in [4.78, 5) is 22.8. The molecule has 1 unspecified atom stereocenters. The lowest BCUT2D eigenvalue weighted by Gasteiger charge is -2.16. The highest BCUT2D eigenvalue weighted by atomic mass is 35.5. The highest BCUT2D eigenvalue weighted by Gasteiger charge is 2.16. The summed E-state index contributed by atoms with van der Waals surface area (Å²) in [5.74, 6) is -0.681. The molecule has 0 fully saturated rings. The molecule has 0 aliphatic heterocycles. The summed E-state index contributed by atoms with van der Waals surface area (Å²) < 4.78 is 9.96. The Morgan fingerprint density at radius 2 is 2.00 bits per heavy atom. The summed E-state index contributed by atoms with van der Waals surface area (Å²) in [5, 5.41) is 0.756. The van der Waals surface area contributed by atoms with Crippen LogP contribution in [-0.4, -0.2) is 31.6 Å². The number of hydrogen-bond acceptors (Lipinski definition) is 4. The molecule has 8 heteroatoms. The molecule has 0 heterocycles. The van der Waals surface area contributed by atoms with Gasteiger partial charge in [-0.2, -0.15) is 0 Å². The van der Waals surface area contributed by atoms with Crippen molar-refractivity contribution in [3.8, 4) is 5.75 Å². The van der Waals surface area contributed by atoms with Crippen molar-refractivity contribution < 1.29 is 19.1 Å². The van der Waals surface area contributed by atoms with Gasteiger partial charge in [-0.25, -0.2) is 0 Å². The van der Waals surface area contributed by atoms with Crippen LogP contribution >= 0.6 is 23.2 Å². The van der Waals surface area contributed by atoms with Crippen molar-refractivity contribution >= 4 is 35.0 Å². The molecule has 0 aromatic heterocycles. The molecule has 2 amide bonds. The van der Waals surface area contributed by atoms with Crippen LogP contribution in [0.2, 0.25) is 10.0 Å². The fraction of sp³-hybridized carbons (Fsp3) is 0.333. The highest BCUT2D eigenvalue weighted by Crippen LogP contribution is 2.28. The van der Waals surface area contributed by atoms with E-state index in [0.29, 0.717) is 15.8 Å². The van der Waals surface area contributed by atoms with Crippen molar-refractivity contribution in [1.29, 1.82) is 0 Å². The third-order valence-corrected chi connectivity index (χ3v) is 2.70. The van der Waals surface area contributed by atoms with Crippen molar-refractivity contribution in [1.82, 2.24) is 10.9 Å². The molecule has 0 bridgehead atoms. The van der Waals surface area contributed by atoms with Crippen molar-refractivity contribution in [2.24, 2.45) is 0 Å². The summed E-state index contributed by atoms with van der Waals surface area (Å²) in [6.07, 6.45) is -0.850. The van der Waals surface area contributed by atoms with Gasteiger partial charge < -0.3 is 9.47 Å². The van der Waals surface area contributed by atoms with Crippen LogP contribution in [0.3, 0.4) is 0 Å². The second kappa shape index (κ2) is 7.94. The summed E-state index contributed by atoms with van der Waals surface area (Å²) in [6.45, 7) is 1.36. The van der Waals surface area contributed by atoms with Crippen LogP contribution in [0.5, 0.6) is 5.75 Å². The number of carbonyl (C=O) groups is 2. The van der Waals surface area contributed by atoms with Crippen LogP contribution in [0.4, 0.5) is 0 Å². The normalized spacial score (nSPS) is 11.6. The van der Waals surface area contributed by atoms with E-state index in [9.17, 15) is 9.59 Å². The third kappa shape index (κ3) is 5.24. The molecule has 0 aliphatic carbocycles. The molecular formula is C12H14Cl2N2O4. The molecule has 6 nitrogen and oxygen atoms in total. The molecule has 1 rings (SSSR count). The number of amides is 2. The van der Waals surface area contributed by atoms with Crippen LogP contribution in [0, 0.1) is 0 Å². The van der Waals surface area contributed by atoms with E-state index in [-0.39, 0.29) is 6.61 Å². The predicted octanol–water partition coefficient (Wildman–Crippen LogP) is 1.55. The van der Waals surface area contributed by atoms with Gasteiger partial charge >= 0.3 is 0 Å². The third-order valence-electron chi connectivity index (χ3n) is 2.17. The fourth-order valence-corrected chi connectivity index (χ4v) is 1.67. The molecule has 1 aromatic rings. The largest absolute Gasteiger partial charge is 0.479 e. The highest BCUT2D eigenvalue weighted by molar-refractivity contribution is 6.35. The van der Waals surface area contributed by atoms with Gasteiger partial charge in [-0.05, 0) is 25.1 Å². The van der Waals surface area contributed by atoms with Gasteiger partial charge in [0.15, 0.2) is 6.10 Å². The molecule has 0 saturated carbocycles. The molecule has 0 spiro atoms. The monoisotopic (exact) mass is 320 g/mol. The average Bonchev–Trinajstić information content (AvgIpc) is 2.39. The maximum absolute atomic E-state index is 11.7. The number of hydrogen-bond donors (Lipinski definition) is 2. The Labute approximate surface area is 126 Å². The van der Waals surface area contributed by atoms with E-state index >= 15 is 0 Å². The summed E-state index contributed by atoms with van der Waals surface area (Å²) >= 11 is 11.7. The average molecular weight is 321 g/mol. The van der Waals surface area contributed by atoms with Crippen molar-refractivity contribution in [2.45, 2.75) is 13.0 Å². The predicted molar refractivity (Wildman–Crippen MR) is 74.7 cm³/mol. The number of nitrogens with one attached hydrogen (secondary N) is 2. The Kier molecular flexibility index (Phi) is 6.57. The van der Waals surface area contributed by atoms with Crippen molar-refractivity contribution in [3.63, 3.8) is 0 Å². The Morgan fingerprint density at radius 3 is 2.60 bits per heavy atom. The number of benzene rings is 1. The molecule has 20 heavy (non-hydrogen) atoms. The minimum absolute atomic E-state index is 0.154. The molecule has 0 saturated heterocycles. The van der Waals surface area contributed by atoms with Gasteiger partial charge in [-0.15, -0.1) is 0 Å². The van der Waals surface area contributed by atoms with Gasteiger partial charge in [0.05, 0.1) is 5.02 Å². The SMILES string of the molecule is COCC(=O)NNC(=O)C(C)Oc1ccc(Cl)cc1Cl. The number of carbonyl (C=O) groups excluding carboxylic acids is 2. The first-order valence-electron chi connectivity index (χ1n) is 5.63. The maximum Gasteiger partial charge on any atom is 0.279 e. The number of hydrazine groups is 1. The van der Waals surface area contributed by atoms with Gasteiger partial charge in [0.25, 0.3) is 11.8 Å². The minimum Gasteiger partial charge on any atom is -0.479 e. The second-order valence-electron chi connectivity index (χ2n) is 3.81. The first-order valence-corrected chi connectivity index (χ1v) is 6.39. The summed E-state index contributed by atoms with van der Waals surface area (Å²) in [5.41, 5.74) is 4.38. The van der Waals surface area contributed by atoms with Crippen LogP contribution < -0.4 is 15.6 Å². The molecular weight excluding hydrogens is 307 g/mol. The first kappa shape index (κ1) is 16.6. The van der Waals surface area contributed by atoms with E-state index in [4.69, 9.17) is 27.9 Å². The lowest BCUT2D eigenvalue weighted by atomic mass is 10.3. The minimum atomic E-state index is -0.850. The van der Waals surface area contributed by atoms with E-state index < -0.39 is 17.9 Å². The maximum atomic E-state index is 11.7. The zero-order valence-electron chi connectivity index (χ0n) is 10.9. The van der Waals surface area contributed by atoms with Gasteiger partial charge in [0.2, 0.25) is 0 Å². The smallest absolute Gasteiger partial charge is 0.279 e. The van der Waals surface area contributed by atoms with Crippen LogP contribution in [0.1, 0.15) is 6.92 Å². The molecule has 110 valence electrons. The molecule has 1 atom stereocenters. The Bertz CT molecular complexity index is 496. The number of halogens is 2. The number of methoxy groups -OCH3 is 1. The van der Waals surface area contributed by atoms with Gasteiger partial charge in [-0.1, -0.05) is 23.2 Å². The standard InChI is InChI=1S/C12H14Cl2N2O4/c1-7(12(18)16-15-11(17)6-19-2)20-10-4-3-8(13)5-9(10)14/h3-5,7H,6H2,1-2H3,(H,15,17)(H,16,18). The van der Waals surface area contributed by atoms with Gasteiger partial charge in [0, 0.05) is 12.1 Å². The van der Waals surface area contributed by atoms with E-state index in [2.05, 4.69) is 15.6 Å². The second-order valence-corrected chi connectivity index (χ2v) is 4.65. The van der Waals surface area contributed by atoms with Crippen LogP contribution in [0.15, 0.2) is 18.2 Å². The Hall–Kier alpha value is -1.50. The quantitative estimate of drug-likeness (QED) is 0.807. The van der Waals surface area contributed by atoms with E-state index in [1.54, 1.807) is 12.1 Å². The van der Waals surface area contributed by atoms with E-state index in [1.807, 2.05) is 0 Å². The Morgan fingerprint density at radius 1 is 1.30 bits per heavy atom. The first-order chi connectivity index (χ1) is 9.43. The van der Waals surface area contributed by atoms with Crippen LogP contribution in [-0.2, 0) is 14.3 Å². The van der Waals surface area contributed by atoms with E-state index in [1.165, 1.54) is 20.1 Å². The zero-order valence-corrected chi connectivity index (χ0v) is 12.4. The topological polar surface area (TPSA) is 76.7 Å². The lowest BCUT2D eigenvalue weighted by Crippen LogP contribution is -2.48. The lowest BCUT2D eigenvalue weighted by molar-refractivity contribution is -0.134. The summed E-state index contributed by atoms with van der Waals surface area (Å²) in [6, 6.07) is 4.65. The van der Waals surface area contributed by atoms with Crippen molar-refractivity contribution in [2.75, 3.05) is 13.7 Å². The zero-order chi connectivity index (χ0) is 15.1. The number of rotatable bonds is 5. The summed E-state index contributed by atoms with van der Waals surface area (Å²) in [7, 11) is 1.37. The molecule has 0 radical (unpaired) electrons. The number of ether oxygens (including phenoxy) is 2. The molecule has 0 aliphatic rings. The van der Waals surface area contributed by atoms with Crippen LogP contribution in [0.25, 0.3) is 0 Å². The fourth-order valence-electron chi connectivity index (χ4n) is 1.21. The Balaban J connectivity index is 2.51. The molecule has 2 N–H and O–H groups in total. The van der Waals surface area contributed by atoms with E-state index in [0.717, 1.165) is 0 Å². The van der Waals surface area contributed by atoms with Gasteiger partial charge in [0.1, 0.15) is 12.4 Å². The molecule has 1 aromatic carbocycles. The van der Waals surface area contributed by atoms with Crippen molar-refractivity contribution in [3.05, 3.63) is 28.2 Å².